The van der Waals surface area contributed by atoms with Gasteiger partial charge in [-0.25, -0.2) is 0 Å². The summed E-state index contributed by atoms with van der Waals surface area (Å²) in [5, 5.41) is 2.93. The Morgan fingerprint density at radius 1 is 1.21 bits per heavy atom. The first-order chi connectivity index (χ1) is 11.4. The summed E-state index contributed by atoms with van der Waals surface area (Å²) in [7, 11) is 5.68. The van der Waals surface area contributed by atoms with Crippen LogP contribution in [-0.2, 0) is 9.53 Å². The summed E-state index contributed by atoms with van der Waals surface area (Å²) >= 11 is 0. The quantitative estimate of drug-likeness (QED) is 0.628. The normalized spacial score (nSPS) is 13.6. The molecule has 0 spiro atoms. The average molecular weight is 336 g/mol. The van der Waals surface area contributed by atoms with Crippen molar-refractivity contribution in [3.63, 3.8) is 0 Å². The zero-order valence-electron chi connectivity index (χ0n) is 15.7. The van der Waals surface area contributed by atoms with Crippen LogP contribution in [0.1, 0.15) is 39.5 Å². The van der Waals surface area contributed by atoms with E-state index >= 15 is 0 Å². The van der Waals surface area contributed by atoms with Gasteiger partial charge in [0.25, 0.3) is 5.91 Å². The molecule has 0 aliphatic rings. The second kappa shape index (κ2) is 10.3. The molecule has 136 valence electrons. The van der Waals surface area contributed by atoms with Crippen LogP contribution in [0.3, 0.4) is 0 Å². The molecule has 1 rings (SSSR count). The fourth-order valence-corrected chi connectivity index (χ4v) is 2.29. The molecular formula is C19H32N2O3. The molecule has 0 bridgehead atoms. The largest absolute Gasteiger partial charge is 0.494 e. The summed E-state index contributed by atoms with van der Waals surface area (Å²) in [6, 6.07) is 7.47. The van der Waals surface area contributed by atoms with Gasteiger partial charge in [-0.05, 0) is 58.1 Å². The first-order valence-corrected chi connectivity index (χ1v) is 8.65. The molecular weight excluding hydrogens is 304 g/mol. The number of carbonyl (C=O) groups is 1. The molecule has 0 heterocycles. The maximum atomic E-state index is 12.5. The maximum Gasteiger partial charge on any atom is 0.256 e. The Labute approximate surface area is 146 Å². The van der Waals surface area contributed by atoms with Gasteiger partial charge in [-0.3, -0.25) is 4.79 Å². The van der Waals surface area contributed by atoms with Crippen LogP contribution >= 0.6 is 0 Å². The van der Waals surface area contributed by atoms with Crippen molar-refractivity contribution in [1.29, 1.82) is 0 Å². The smallest absolute Gasteiger partial charge is 0.256 e. The van der Waals surface area contributed by atoms with Gasteiger partial charge >= 0.3 is 0 Å². The molecule has 0 saturated carbocycles. The number of benzene rings is 1. The third-order valence-corrected chi connectivity index (χ3v) is 4.07. The zero-order chi connectivity index (χ0) is 18.0. The van der Waals surface area contributed by atoms with Crippen molar-refractivity contribution in [1.82, 2.24) is 4.90 Å². The molecule has 0 unspecified atom stereocenters. The van der Waals surface area contributed by atoms with Gasteiger partial charge in [0.2, 0.25) is 0 Å². The van der Waals surface area contributed by atoms with Crippen molar-refractivity contribution in [3.8, 4) is 5.75 Å². The summed E-state index contributed by atoms with van der Waals surface area (Å²) in [6.07, 6.45) is 3.68. The molecule has 1 N–H and O–H groups in total. The van der Waals surface area contributed by atoms with E-state index in [1.807, 2.05) is 45.3 Å². The number of amides is 1. The highest BCUT2D eigenvalue weighted by atomic mass is 16.5. The van der Waals surface area contributed by atoms with Crippen molar-refractivity contribution in [2.24, 2.45) is 0 Å². The van der Waals surface area contributed by atoms with Crippen molar-refractivity contribution in [2.45, 2.75) is 45.1 Å². The summed E-state index contributed by atoms with van der Waals surface area (Å²) in [4.78, 5) is 14.6. The van der Waals surface area contributed by atoms with Crippen molar-refractivity contribution in [3.05, 3.63) is 24.3 Å². The Morgan fingerprint density at radius 3 is 2.42 bits per heavy atom. The van der Waals surface area contributed by atoms with Crippen LogP contribution in [0.2, 0.25) is 0 Å². The van der Waals surface area contributed by atoms with E-state index in [1.54, 1.807) is 7.11 Å². The number of methoxy groups -OCH3 is 1. The van der Waals surface area contributed by atoms with Gasteiger partial charge in [-0.2, -0.15) is 0 Å². The van der Waals surface area contributed by atoms with E-state index in [9.17, 15) is 4.79 Å². The molecule has 0 radical (unpaired) electrons. The highest BCUT2D eigenvalue weighted by Crippen LogP contribution is 2.22. The van der Waals surface area contributed by atoms with Crippen LogP contribution in [0, 0.1) is 0 Å². The van der Waals surface area contributed by atoms with Crippen LogP contribution in [0.15, 0.2) is 24.3 Å². The molecule has 0 aliphatic heterocycles. The van der Waals surface area contributed by atoms with Gasteiger partial charge in [0, 0.05) is 19.3 Å². The highest BCUT2D eigenvalue weighted by molar-refractivity contribution is 5.97. The lowest BCUT2D eigenvalue weighted by Crippen LogP contribution is -2.41. The average Bonchev–Trinajstić information content (AvgIpc) is 2.57. The number of nitrogens with one attached hydrogen (secondary N) is 1. The summed E-state index contributed by atoms with van der Waals surface area (Å²) in [6.45, 7) is 5.62. The number of rotatable bonds is 11. The molecule has 1 aromatic rings. The van der Waals surface area contributed by atoms with E-state index in [0.29, 0.717) is 13.0 Å². The number of hydrogen-bond donors (Lipinski definition) is 1. The lowest BCUT2D eigenvalue weighted by atomic mass is 9.97. The van der Waals surface area contributed by atoms with Gasteiger partial charge in [0.1, 0.15) is 11.4 Å². The Hall–Kier alpha value is -1.59. The monoisotopic (exact) mass is 336 g/mol. The lowest BCUT2D eigenvalue weighted by Gasteiger charge is -2.26. The predicted octanol–water partition coefficient (Wildman–Crippen LogP) is 3.55. The number of anilines is 1. The van der Waals surface area contributed by atoms with E-state index in [-0.39, 0.29) is 5.91 Å². The maximum absolute atomic E-state index is 12.5. The summed E-state index contributed by atoms with van der Waals surface area (Å²) in [5.74, 6) is 0.699. The third-order valence-electron chi connectivity index (χ3n) is 4.07. The van der Waals surface area contributed by atoms with Gasteiger partial charge in [0.15, 0.2) is 0 Å². The van der Waals surface area contributed by atoms with E-state index in [1.165, 1.54) is 0 Å². The molecule has 1 amide bonds. The fourth-order valence-electron chi connectivity index (χ4n) is 2.29. The van der Waals surface area contributed by atoms with Crippen molar-refractivity contribution in [2.75, 3.05) is 39.7 Å². The molecule has 5 nitrogen and oxygen atoms in total. The Morgan fingerprint density at radius 2 is 1.88 bits per heavy atom. The van der Waals surface area contributed by atoms with E-state index in [0.717, 1.165) is 37.2 Å². The van der Waals surface area contributed by atoms with Gasteiger partial charge in [-0.1, -0.05) is 19.8 Å². The highest BCUT2D eigenvalue weighted by Gasteiger charge is 2.32. The lowest BCUT2D eigenvalue weighted by molar-refractivity contribution is -0.136. The number of ether oxygens (including phenoxy) is 2. The van der Waals surface area contributed by atoms with Crippen LogP contribution in [0.25, 0.3) is 0 Å². The van der Waals surface area contributed by atoms with Gasteiger partial charge in [0.05, 0.1) is 6.61 Å². The third kappa shape index (κ3) is 6.89. The molecule has 1 atom stereocenters. The summed E-state index contributed by atoms with van der Waals surface area (Å²) in [5.41, 5.74) is -0.0439. The van der Waals surface area contributed by atoms with Crippen molar-refractivity contribution < 1.29 is 14.3 Å². The van der Waals surface area contributed by atoms with Crippen LogP contribution in [0.4, 0.5) is 5.69 Å². The standard InChI is InChI=1S/C19H32N2O3/c1-6-7-13-19(2,23-5)18(22)20-16-9-11-17(12-10-16)24-15-8-14-21(3)4/h9-12H,6-8,13-15H2,1-5H3,(H,20,22)/t19-/m1/s1. The molecule has 0 aromatic heterocycles. The number of hydrogen-bond acceptors (Lipinski definition) is 4. The predicted molar refractivity (Wildman–Crippen MR) is 98.7 cm³/mol. The second-order valence-corrected chi connectivity index (χ2v) is 6.52. The molecule has 0 aliphatic carbocycles. The molecule has 0 saturated heterocycles. The van der Waals surface area contributed by atoms with Crippen LogP contribution in [-0.4, -0.2) is 50.8 Å². The summed E-state index contributed by atoms with van der Waals surface area (Å²) < 4.78 is 11.1. The molecule has 0 fully saturated rings. The second-order valence-electron chi connectivity index (χ2n) is 6.52. The minimum absolute atomic E-state index is 0.113. The fraction of sp³-hybridized carbons (Fsp3) is 0.632. The van der Waals surface area contributed by atoms with Crippen molar-refractivity contribution >= 4 is 11.6 Å². The minimum Gasteiger partial charge on any atom is -0.494 e. The van der Waals surface area contributed by atoms with E-state index < -0.39 is 5.60 Å². The number of unbranched alkanes of at least 4 members (excludes halogenated alkanes) is 1. The van der Waals surface area contributed by atoms with Crippen LogP contribution in [0.5, 0.6) is 5.75 Å². The topological polar surface area (TPSA) is 50.8 Å². The molecule has 1 aromatic carbocycles. The minimum atomic E-state index is -0.794. The van der Waals surface area contributed by atoms with E-state index in [4.69, 9.17) is 9.47 Å². The molecule has 24 heavy (non-hydrogen) atoms. The Balaban J connectivity index is 2.52. The first kappa shape index (κ1) is 20.5. The van der Waals surface area contributed by atoms with Gasteiger partial charge in [-0.15, -0.1) is 0 Å². The SMILES string of the molecule is CCCC[C@@](C)(OC)C(=O)Nc1ccc(OCCCN(C)C)cc1. The zero-order valence-corrected chi connectivity index (χ0v) is 15.7. The Kier molecular flexibility index (Phi) is 8.79. The first-order valence-electron chi connectivity index (χ1n) is 8.65. The number of nitrogens with zero attached hydrogens (tertiary/aromatic N) is 1. The van der Waals surface area contributed by atoms with E-state index in [2.05, 4.69) is 17.1 Å². The van der Waals surface area contributed by atoms with Crippen LogP contribution < -0.4 is 10.1 Å². The molecule has 5 heteroatoms. The Bertz CT molecular complexity index is 488. The number of carbonyl (C=O) groups excluding carboxylic acids is 1. The van der Waals surface area contributed by atoms with Gasteiger partial charge < -0.3 is 19.7 Å².